The monoisotopic (exact) mass is 262 g/mol. The summed E-state index contributed by atoms with van der Waals surface area (Å²) in [5, 5.41) is 30.1. The molecule has 6 N–H and O–H groups in total. The number of nitrogens with two attached hydrogens (primary N) is 1. The van der Waals surface area contributed by atoms with Gasteiger partial charge in [-0.2, -0.15) is 0 Å². The first-order chi connectivity index (χ1) is 8.26. The molecule has 0 aromatic heterocycles. The Bertz CT molecular complexity index is 293. The predicted octanol–water partition coefficient (Wildman–Crippen LogP) is -2.24. The Morgan fingerprint density at radius 3 is 2.33 bits per heavy atom. The van der Waals surface area contributed by atoms with E-state index < -0.39 is 29.3 Å². The van der Waals surface area contributed by atoms with Crippen molar-refractivity contribution in [3.8, 4) is 0 Å². The SMILES string of the molecule is CC(C)(CO)[C@@H](O)C(=O)NCCC(=O)C(O)CN. The van der Waals surface area contributed by atoms with Gasteiger partial charge in [0.05, 0.1) is 6.61 Å². The first-order valence-corrected chi connectivity index (χ1v) is 5.73. The molecule has 0 aliphatic carbocycles. The number of amides is 1. The summed E-state index contributed by atoms with van der Waals surface area (Å²) >= 11 is 0. The smallest absolute Gasteiger partial charge is 0.249 e. The van der Waals surface area contributed by atoms with Crippen LogP contribution < -0.4 is 11.1 Å². The summed E-state index contributed by atoms with van der Waals surface area (Å²) in [6.45, 7) is 2.59. The van der Waals surface area contributed by atoms with Crippen LogP contribution >= 0.6 is 0 Å². The Hall–Kier alpha value is -1.02. The second kappa shape index (κ2) is 7.42. The van der Waals surface area contributed by atoms with Crippen LogP contribution in [0.4, 0.5) is 0 Å². The highest BCUT2D eigenvalue weighted by molar-refractivity contribution is 5.85. The molecular formula is C11H22N2O5. The van der Waals surface area contributed by atoms with Crippen LogP contribution in [-0.2, 0) is 9.59 Å². The summed E-state index contributed by atoms with van der Waals surface area (Å²) in [6.07, 6.45) is -2.64. The standard InChI is InChI=1S/C11H22N2O5/c1-11(2,6-14)9(17)10(18)13-4-3-7(15)8(16)5-12/h8-9,14,16-17H,3-6,12H2,1-2H3,(H,13,18)/t8?,9-/m0/s1. The van der Waals surface area contributed by atoms with Gasteiger partial charge in [-0.15, -0.1) is 0 Å². The minimum atomic E-state index is -1.36. The van der Waals surface area contributed by atoms with Crippen LogP contribution in [0.2, 0.25) is 0 Å². The quantitative estimate of drug-likeness (QED) is 0.336. The molecule has 0 aromatic rings. The number of nitrogens with one attached hydrogen (secondary N) is 1. The van der Waals surface area contributed by atoms with Crippen LogP contribution in [0.5, 0.6) is 0 Å². The Morgan fingerprint density at radius 2 is 1.89 bits per heavy atom. The molecular weight excluding hydrogens is 240 g/mol. The molecule has 0 aromatic carbocycles. The fourth-order valence-electron chi connectivity index (χ4n) is 1.14. The molecule has 0 aliphatic heterocycles. The van der Waals surface area contributed by atoms with Crippen molar-refractivity contribution >= 4 is 11.7 Å². The van der Waals surface area contributed by atoms with E-state index in [1.54, 1.807) is 13.8 Å². The molecule has 7 heteroatoms. The van der Waals surface area contributed by atoms with E-state index in [9.17, 15) is 14.7 Å². The highest BCUT2D eigenvalue weighted by Gasteiger charge is 2.32. The summed E-state index contributed by atoms with van der Waals surface area (Å²) in [7, 11) is 0. The third-order valence-electron chi connectivity index (χ3n) is 2.66. The minimum Gasteiger partial charge on any atom is -0.396 e. The van der Waals surface area contributed by atoms with E-state index in [0.717, 1.165) is 0 Å². The van der Waals surface area contributed by atoms with E-state index in [2.05, 4.69) is 5.32 Å². The largest absolute Gasteiger partial charge is 0.396 e. The summed E-state index contributed by atoms with van der Waals surface area (Å²) in [5.41, 5.74) is 4.15. The average molecular weight is 262 g/mol. The van der Waals surface area contributed by atoms with Crippen molar-refractivity contribution in [3.63, 3.8) is 0 Å². The number of aliphatic hydroxyl groups excluding tert-OH is 3. The van der Waals surface area contributed by atoms with Crippen LogP contribution in [0.25, 0.3) is 0 Å². The van der Waals surface area contributed by atoms with Crippen molar-refractivity contribution in [1.82, 2.24) is 5.32 Å². The summed E-state index contributed by atoms with van der Waals surface area (Å²) in [6, 6.07) is 0. The van der Waals surface area contributed by atoms with Gasteiger partial charge in [-0.3, -0.25) is 9.59 Å². The molecule has 0 bridgehead atoms. The zero-order chi connectivity index (χ0) is 14.3. The maximum atomic E-state index is 11.5. The second-order valence-electron chi connectivity index (χ2n) is 4.81. The molecule has 0 aliphatic rings. The van der Waals surface area contributed by atoms with Crippen molar-refractivity contribution in [1.29, 1.82) is 0 Å². The molecule has 0 saturated carbocycles. The lowest BCUT2D eigenvalue weighted by atomic mass is 9.87. The van der Waals surface area contributed by atoms with E-state index in [-0.39, 0.29) is 26.1 Å². The Labute approximate surface area is 106 Å². The lowest BCUT2D eigenvalue weighted by molar-refractivity contribution is -0.137. The molecule has 0 saturated heterocycles. The van der Waals surface area contributed by atoms with Gasteiger partial charge in [0, 0.05) is 24.9 Å². The van der Waals surface area contributed by atoms with Crippen LogP contribution in [0.3, 0.4) is 0 Å². The van der Waals surface area contributed by atoms with E-state index in [1.807, 2.05) is 0 Å². The Balaban J connectivity index is 4.09. The zero-order valence-corrected chi connectivity index (χ0v) is 10.7. The molecule has 18 heavy (non-hydrogen) atoms. The number of hydrogen-bond acceptors (Lipinski definition) is 6. The van der Waals surface area contributed by atoms with Gasteiger partial charge in [0.15, 0.2) is 5.78 Å². The molecule has 7 nitrogen and oxygen atoms in total. The number of rotatable bonds is 8. The third kappa shape index (κ3) is 5.09. The molecule has 1 unspecified atom stereocenters. The van der Waals surface area contributed by atoms with E-state index in [4.69, 9.17) is 15.9 Å². The van der Waals surface area contributed by atoms with Gasteiger partial charge in [-0.05, 0) is 0 Å². The topological polar surface area (TPSA) is 133 Å². The van der Waals surface area contributed by atoms with Gasteiger partial charge in [-0.25, -0.2) is 0 Å². The minimum absolute atomic E-state index is 0.00724. The van der Waals surface area contributed by atoms with E-state index in [1.165, 1.54) is 0 Å². The molecule has 0 radical (unpaired) electrons. The number of ketones is 1. The van der Waals surface area contributed by atoms with Crippen LogP contribution in [0.15, 0.2) is 0 Å². The molecule has 1 amide bonds. The highest BCUT2D eigenvalue weighted by Crippen LogP contribution is 2.19. The van der Waals surface area contributed by atoms with Crippen molar-refractivity contribution in [2.75, 3.05) is 19.7 Å². The number of aliphatic hydroxyl groups is 3. The van der Waals surface area contributed by atoms with Gasteiger partial charge in [0.2, 0.25) is 5.91 Å². The maximum Gasteiger partial charge on any atom is 0.249 e. The van der Waals surface area contributed by atoms with Gasteiger partial charge < -0.3 is 26.4 Å². The van der Waals surface area contributed by atoms with Gasteiger partial charge in [0.1, 0.15) is 12.2 Å². The van der Waals surface area contributed by atoms with Crippen LogP contribution in [0.1, 0.15) is 20.3 Å². The average Bonchev–Trinajstić information content (AvgIpc) is 2.36. The maximum absolute atomic E-state index is 11.5. The van der Waals surface area contributed by atoms with Gasteiger partial charge in [-0.1, -0.05) is 13.8 Å². The predicted molar refractivity (Wildman–Crippen MR) is 64.6 cm³/mol. The first-order valence-electron chi connectivity index (χ1n) is 5.73. The fourth-order valence-corrected chi connectivity index (χ4v) is 1.14. The number of hydrogen-bond donors (Lipinski definition) is 5. The summed E-state index contributed by atoms with van der Waals surface area (Å²) < 4.78 is 0. The third-order valence-corrected chi connectivity index (χ3v) is 2.66. The first kappa shape index (κ1) is 17.0. The molecule has 0 fully saturated rings. The number of carbonyl (C=O) groups is 2. The zero-order valence-electron chi connectivity index (χ0n) is 10.7. The van der Waals surface area contributed by atoms with E-state index >= 15 is 0 Å². The molecule has 2 atom stereocenters. The summed E-state index contributed by atoms with van der Waals surface area (Å²) in [4.78, 5) is 22.7. The molecule has 0 rings (SSSR count). The normalized spacial score (nSPS) is 15.0. The summed E-state index contributed by atoms with van der Waals surface area (Å²) in [5.74, 6) is -1.13. The van der Waals surface area contributed by atoms with Crippen LogP contribution in [0, 0.1) is 5.41 Å². The van der Waals surface area contributed by atoms with Crippen molar-refractivity contribution in [3.05, 3.63) is 0 Å². The van der Waals surface area contributed by atoms with Gasteiger partial charge >= 0.3 is 0 Å². The van der Waals surface area contributed by atoms with E-state index in [0.29, 0.717) is 0 Å². The highest BCUT2D eigenvalue weighted by atomic mass is 16.3. The lowest BCUT2D eigenvalue weighted by Gasteiger charge is -2.27. The number of carbonyl (C=O) groups excluding carboxylic acids is 2. The van der Waals surface area contributed by atoms with Gasteiger partial charge in [0.25, 0.3) is 0 Å². The van der Waals surface area contributed by atoms with Crippen molar-refractivity contribution in [2.24, 2.45) is 11.1 Å². The molecule has 0 spiro atoms. The Morgan fingerprint density at radius 1 is 1.33 bits per heavy atom. The van der Waals surface area contributed by atoms with Crippen LogP contribution in [-0.4, -0.2) is 58.9 Å². The molecule has 0 heterocycles. The lowest BCUT2D eigenvalue weighted by Crippen LogP contribution is -2.46. The fraction of sp³-hybridized carbons (Fsp3) is 0.818. The molecule has 106 valence electrons. The number of Topliss-reactive ketones (excluding diaryl/α,β-unsaturated/α-hetero) is 1. The van der Waals surface area contributed by atoms with Crippen molar-refractivity contribution < 1.29 is 24.9 Å². The Kier molecular flexibility index (Phi) is 7.00. The second-order valence-corrected chi connectivity index (χ2v) is 4.81. The van der Waals surface area contributed by atoms with Crippen molar-refractivity contribution in [2.45, 2.75) is 32.5 Å².